The van der Waals surface area contributed by atoms with Gasteiger partial charge in [-0.15, -0.1) is 0 Å². The summed E-state index contributed by atoms with van der Waals surface area (Å²) < 4.78 is 5.17. The zero-order chi connectivity index (χ0) is 15.4. The molecule has 0 atom stereocenters. The van der Waals surface area contributed by atoms with Gasteiger partial charge in [0.1, 0.15) is 5.75 Å². The predicted molar refractivity (Wildman–Crippen MR) is 81.8 cm³/mol. The number of carbonyl (C=O) groups is 1. The van der Waals surface area contributed by atoms with Crippen LogP contribution < -0.4 is 4.74 Å². The molecule has 1 aromatic carbocycles. The zero-order valence-electron chi connectivity index (χ0n) is 12.5. The highest BCUT2D eigenvalue weighted by atomic mass is 32.2. The summed E-state index contributed by atoms with van der Waals surface area (Å²) in [6.07, 6.45) is -0.395. The molecule has 1 aromatic heterocycles. The molecule has 1 heterocycles. The van der Waals surface area contributed by atoms with E-state index in [4.69, 9.17) is 4.74 Å². The van der Waals surface area contributed by atoms with Gasteiger partial charge in [-0.1, -0.05) is 0 Å². The highest BCUT2D eigenvalue weighted by Gasteiger charge is 2.07. The van der Waals surface area contributed by atoms with Crippen molar-refractivity contribution >= 4 is 17.9 Å². The lowest BCUT2D eigenvalue weighted by Gasteiger charge is -2.10. The minimum Gasteiger partial charge on any atom is -0.410 e. The molecule has 0 saturated carbocycles. The molecule has 0 radical (unpaired) electrons. The number of benzene rings is 1. The van der Waals surface area contributed by atoms with Gasteiger partial charge in [0.2, 0.25) is 0 Å². The van der Waals surface area contributed by atoms with Gasteiger partial charge >= 0.3 is 6.09 Å². The molecule has 110 valence electrons. The van der Waals surface area contributed by atoms with Crippen molar-refractivity contribution in [2.24, 2.45) is 0 Å². The number of rotatable bonds is 3. The average molecular weight is 303 g/mol. The van der Waals surface area contributed by atoms with Crippen LogP contribution in [0.3, 0.4) is 0 Å². The molecule has 0 N–H and O–H groups in total. The molecular formula is C15H17N3O2S. The molecule has 1 amide bonds. The van der Waals surface area contributed by atoms with Crippen LogP contribution in [0.15, 0.2) is 40.4 Å². The molecule has 0 aliphatic rings. The second-order valence-corrected chi connectivity index (χ2v) is 5.81. The van der Waals surface area contributed by atoms with E-state index in [0.29, 0.717) is 10.9 Å². The summed E-state index contributed by atoms with van der Waals surface area (Å²) in [6, 6.07) is 9.21. The number of amides is 1. The smallest absolute Gasteiger partial charge is 0.410 e. The van der Waals surface area contributed by atoms with E-state index < -0.39 is 6.09 Å². The van der Waals surface area contributed by atoms with E-state index in [0.717, 1.165) is 16.3 Å². The van der Waals surface area contributed by atoms with Crippen molar-refractivity contribution in [1.82, 2.24) is 14.9 Å². The first-order valence-electron chi connectivity index (χ1n) is 6.43. The largest absolute Gasteiger partial charge is 0.414 e. The molecule has 0 spiro atoms. The van der Waals surface area contributed by atoms with Gasteiger partial charge in [-0.2, -0.15) is 0 Å². The van der Waals surface area contributed by atoms with E-state index in [1.807, 2.05) is 32.0 Å². The van der Waals surface area contributed by atoms with E-state index in [-0.39, 0.29) is 0 Å². The summed E-state index contributed by atoms with van der Waals surface area (Å²) in [5, 5.41) is 0.713. The summed E-state index contributed by atoms with van der Waals surface area (Å²) in [5.74, 6) is 0.513. The average Bonchev–Trinajstić information content (AvgIpc) is 2.39. The standard InChI is InChI=1S/C15H17N3O2S/c1-10-9-11(2)17-14(16-10)21-13-7-5-12(6-8-13)20-15(19)18(3)4/h5-9H,1-4H3. The van der Waals surface area contributed by atoms with E-state index in [1.165, 1.54) is 16.7 Å². The number of hydrogen-bond acceptors (Lipinski definition) is 5. The number of hydrogen-bond donors (Lipinski definition) is 0. The van der Waals surface area contributed by atoms with Crippen molar-refractivity contribution < 1.29 is 9.53 Å². The monoisotopic (exact) mass is 303 g/mol. The van der Waals surface area contributed by atoms with Crippen molar-refractivity contribution in [3.63, 3.8) is 0 Å². The predicted octanol–water partition coefficient (Wildman–Crippen LogP) is 3.31. The Bertz CT molecular complexity index is 622. The number of aromatic nitrogens is 2. The Balaban J connectivity index is 2.07. The van der Waals surface area contributed by atoms with E-state index >= 15 is 0 Å². The van der Waals surface area contributed by atoms with Crippen LogP contribution in [0.4, 0.5) is 4.79 Å². The minimum atomic E-state index is -0.395. The fraction of sp³-hybridized carbons (Fsp3) is 0.267. The first-order chi connectivity index (χ1) is 9.94. The van der Waals surface area contributed by atoms with Gasteiger partial charge in [-0.05, 0) is 55.9 Å². The van der Waals surface area contributed by atoms with Crippen LogP contribution >= 0.6 is 11.8 Å². The molecule has 0 saturated heterocycles. The van der Waals surface area contributed by atoms with Gasteiger partial charge < -0.3 is 9.64 Å². The Hall–Kier alpha value is -2.08. The molecule has 0 aliphatic heterocycles. The lowest BCUT2D eigenvalue weighted by Crippen LogP contribution is -2.25. The maximum absolute atomic E-state index is 11.4. The summed E-state index contributed by atoms with van der Waals surface area (Å²) in [5.41, 5.74) is 1.89. The van der Waals surface area contributed by atoms with Gasteiger partial charge in [0.15, 0.2) is 5.16 Å². The van der Waals surface area contributed by atoms with Crippen molar-refractivity contribution in [1.29, 1.82) is 0 Å². The Morgan fingerprint density at radius 1 is 1.10 bits per heavy atom. The molecule has 0 fully saturated rings. The lowest BCUT2D eigenvalue weighted by molar-refractivity contribution is 0.172. The van der Waals surface area contributed by atoms with Gasteiger partial charge in [-0.25, -0.2) is 14.8 Å². The summed E-state index contributed by atoms with van der Waals surface area (Å²) in [7, 11) is 3.29. The van der Waals surface area contributed by atoms with Crippen molar-refractivity contribution in [2.75, 3.05) is 14.1 Å². The number of nitrogens with zero attached hydrogens (tertiary/aromatic N) is 3. The molecule has 2 rings (SSSR count). The molecule has 0 bridgehead atoms. The topological polar surface area (TPSA) is 55.3 Å². The Labute approximate surface area is 128 Å². The van der Waals surface area contributed by atoms with Crippen LogP contribution in [0.2, 0.25) is 0 Å². The van der Waals surface area contributed by atoms with Crippen LogP contribution in [-0.2, 0) is 0 Å². The molecule has 6 heteroatoms. The third-order valence-electron chi connectivity index (χ3n) is 2.56. The van der Waals surface area contributed by atoms with E-state index in [1.54, 1.807) is 26.2 Å². The maximum Gasteiger partial charge on any atom is 0.414 e. The van der Waals surface area contributed by atoms with Crippen molar-refractivity contribution in [3.8, 4) is 5.75 Å². The Kier molecular flexibility index (Phi) is 4.80. The Morgan fingerprint density at radius 3 is 2.19 bits per heavy atom. The van der Waals surface area contributed by atoms with E-state index in [9.17, 15) is 4.79 Å². The van der Waals surface area contributed by atoms with Crippen LogP contribution in [0.1, 0.15) is 11.4 Å². The highest BCUT2D eigenvalue weighted by molar-refractivity contribution is 7.99. The van der Waals surface area contributed by atoms with E-state index in [2.05, 4.69) is 9.97 Å². The summed E-state index contributed by atoms with van der Waals surface area (Å²) >= 11 is 1.48. The molecule has 2 aromatic rings. The fourth-order valence-corrected chi connectivity index (χ4v) is 2.47. The first kappa shape index (κ1) is 15.3. The van der Waals surface area contributed by atoms with Gasteiger partial charge in [0, 0.05) is 30.4 Å². The summed E-state index contributed by atoms with van der Waals surface area (Å²) in [4.78, 5) is 22.6. The lowest BCUT2D eigenvalue weighted by atomic mass is 10.3. The number of ether oxygens (including phenoxy) is 1. The second kappa shape index (κ2) is 6.58. The molecule has 21 heavy (non-hydrogen) atoms. The van der Waals surface area contributed by atoms with Gasteiger partial charge in [-0.3, -0.25) is 0 Å². The van der Waals surface area contributed by atoms with Gasteiger partial charge in [0.05, 0.1) is 0 Å². The highest BCUT2D eigenvalue weighted by Crippen LogP contribution is 2.26. The zero-order valence-corrected chi connectivity index (χ0v) is 13.3. The molecule has 5 nitrogen and oxygen atoms in total. The number of carbonyl (C=O) groups excluding carboxylic acids is 1. The normalized spacial score (nSPS) is 10.3. The van der Waals surface area contributed by atoms with Gasteiger partial charge in [0.25, 0.3) is 0 Å². The third-order valence-corrected chi connectivity index (χ3v) is 3.44. The van der Waals surface area contributed by atoms with Crippen molar-refractivity contribution in [2.45, 2.75) is 23.9 Å². The van der Waals surface area contributed by atoms with Crippen LogP contribution in [0.5, 0.6) is 5.75 Å². The number of aryl methyl sites for hydroxylation is 2. The minimum absolute atomic E-state index is 0.395. The SMILES string of the molecule is Cc1cc(C)nc(Sc2ccc(OC(=O)N(C)C)cc2)n1. The molecule has 0 unspecified atom stereocenters. The quantitative estimate of drug-likeness (QED) is 0.814. The summed E-state index contributed by atoms with van der Waals surface area (Å²) in [6.45, 7) is 3.89. The molecule has 0 aliphatic carbocycles. The maximum atomic E-state index is 11.4. The third kappa shape index (κ3) is 4.46. The van der Waals surface area contributed by atoms with Crippen LogP contribution in [-0.4, -0.2) is 35.1 Å². The van der Waals surface area contributed by atoms with Crippen LogP contribution in [0.25, 0.3) is 0 Å². The second-order valence-electron chi connectivity index (χ2n) is 4.77. The van der Waals surface area contributed by atoms with Crippen LogP contribution in [0, 0.1) is 13.8 Å². The molecular weight excluding hydrogens is 286 g/mol. The fourth-order valence-electron chi connectivity index (χ4n) is 1.61. The van der Waals surface area contributed by atoms with Crippen molar-refractivity contribution in [3.05, 3.63) is 41.7 Å². The first-order valence-corrected chi connectivity index (χ1v) is 7.25. The Morgan fingerprint density at radius 2 is 1.67 bits per heavy atom.